The van der Waals surface area contributed by atoms with Gasteiger partial charge in [-0.1, -0.05) is 29.8 Å². The minimum absolute atomic E-state index is 0.418. The molecule has 3 aromatic rings. The molecule has 0 radical (unpaired) electrons. The van der Waals surface area contributed by atoms with Gasteiger partial charge >= 0.3 is 5.97 Å². The second kappa shape index (κ2) is 8.57. The number of benzene rings is 2. The molecule has 0 bridgehead atoms. The Labute approximate surface area is 183 Å². The number of fused-ring (bicyclic) bond motifs is 1. The Bertz CT molecular complexity index is 1050. The molecule has 2 heterocycles. The molecule has 0 saturated carbocycles. The van der Waals surface area contributed by atoms with E-state index in [9.17, 15) is 4.79 Å². The van der Waals surface area contributed by atoms with Crippen LogP contribution in [0.3, 0.4) is 0 Å². The number of piperazine rings is 1. The second-order valence-electron chi connectivity index (χ2n) is 6.69. The molecule has 0 spiro atoms. The highest BCUT2D eigenvalue weighted by Gasteiger charge is 2.20. The number of thiophene rings is 1. The summed E-state index contributed by atoms with van der Waals surface area (Å²) in [5.74, 6) is -0.419. The lowest BCUT2D eigenvalue weighted by Gasteiger charge is -2.37. The average Bonchev–Trinajstić information content (AvgIpc) is 3.09. The number of anilines is 2. The molecule has 4 rings (SSSR count). The minimum atomic E-state index is -0.419. The molecule has 1 aliphatic rings. The zero-order valence-corrected chi connectivity index (χ0v) is 18.2. The van der Waals surface area contributed by atoms with E-state index in [4.69, 9.17) is 28.6 Å². The van der Waals surface area contributed by atoms with Crippen LogP contribution in [0.25, 0.3) is 10.1 Å². The second-order valence-corrected chi connectivity index (χ2v) is 8.50. The first kappa shape index (κ1) is 19.9. The fraction of sp³-hybridized carbons (Fsp3) is 0.238. The van der Waals surface area contributed by atoms with Crippen LogP contribution in [0, 0.1) is 0 Å². The fourth-order valence-corrected chi connectivity index (χ4v) is 5.14. The molecule has 1 saturated heterocycles. The van der Waals surface area contributed by atoms with Crippen molar-refractivity contribution in [2.75, 3.05) is 43.5 Å². The fourth-order valence-electron chi connectivity index (χ4n) is 3.38. The summed E-state index contributed by atoms with van der Waals surface area (Å²) in [6.07, 6.45) is 0. The van der Waals surface area contributed by atoms with Gasteiger partial charge in [0.1, 0.15) is 4.88 Å². The van der Waals surface area contributed by atoms with E-state index >= 15 is 0 Å². The van der Waals surface area contributed by atoms with Gasteiger partial charge in [0.25, 0.3) is 0 Å². The number of nitrogens with one attached hydrogen (secondary N) is 1. The third-order valence-electron chi connectivity index (χ3n) is 4.94. The number of halogens is 1. The summed E-state index contributed by atoms with van der Waals surface area (Å²) >= 11 is 13.3. The van der Waals surface area contributed by atoms with Gasteiger partial charge in [-0.25, -0.2) is 4.79 Å². The number of ether oxygens (including phenoxy) is 1. The number of esters is 1. The SMILES string of the molecule is COC(=O)c1sc2cc(NC(=S)N3CCN(c4ccccc4)CC3)ccc2c1Cl. The van der Waals surface area contributed by atoms with Crippen LogP contribution in [0.15, 0.2) is 48.5 Å². The van der Waals surface area contributed by atoms with E-state index in [0.717, 1.165) is 42.0 Å². The molecule has 2 aromatic carbocycles. The maximum absolute atomic E-state index is 11.9. The van der Waals surface area contributed by atoms with Crippen molar-refractivity contribution < 1.29 is 9.53 Å². The van der Waals surface area contributed by atoms with Crippen molar-refractivity contribution >= 4 is 67.7 Å². The van der Waals surface area contributed by atoms with Crippen molar-refractivity contribution in [1.82, 2.24) is 4.90 Å². The van der Waals surface area contributed by atoms with Gasteiger partial charge < -0.3 is 19.9 Å². The van der Waals surface area contributed by atoms with E-state index in [0.29, 0.717) is 15.0 Å². The molecule has 150 valence electrons. The van der Waals surface area contributed by atoms with Crippen LogP contribution in [-0.2, 0) is 4.74 Å². The van der Waals surface area contributed by atoms with E-state index in [-0.39, 0.29) is 0 Å². The zero-order valence-electron chi connectivity index (χ0n) is 15.9. The first-order valence-corrected chi connectivity index (χ1v) is 10.8. The van der Waals surface area contributed by atoms with Gasteiger partial charge in [0, 0.05) is 47.6 Å². The Kier molecular flexibility index (Phi) is 5.89. The first-order valence-electron chi connectivity index (χ1n) is 9.23. The Hall–Kier alpha value is -2.35. The molecule has 1 N–H and O–H groups in total. The molecular formula is C21H20ClN3O2S2. The number of hydrogen-bond acceptors (Lipinski definition) is 5. The Morgan fingerprint density at radius 1 is 1.14 bits per heavy atom. The number of thiocarbonyl (C=S) groups is 1. The van der Waals surface area contributed by atoms with E-state index in [2.05, 4.69) is 39.4 Å². The Morgan fingerprint density at radius 3 is 2.55 bits per heavy atom. The summed E-state index contributed by atoms with van der Waals surface area (Å²) < 4.78 is 5.72. The molecule has 29 heavy (non-hydrogen) atoms. The van der Waals surface area contributed by atoms with Crippen LogP contribution >= 0.6 is 35.2 Å². The standard InChI is InChI=1S/C21H20ClN3O2S2/c1-27-20(26)19-18(22)16-8-7-14(13-17(16)29-19)23-21(28)25-11-9-24(10-12-25)15-5-3-2-4-6-15/h2-8,13H,9-12H2,1H3,(H,23,28). The van der Waals surface area contributed by atoms with Gasteiger partial charge in [-0.05, 0) is 42.5 Å². The molecular weight excluding hydrogens is 426 g/mol. The van der Waals surface area contributed by atoms with Crippen molar-refractivity contribution in [2.24, 2.45) is 0 Å². The lowest BCUT2D eigenvalue weighted by atomic mass is 10.2. The molecule has 5 nitrogen and oxygen atoms in total. The molecule has 8 heteroatoms. The van der Waals surface area contributed by atoms with Gasteiger partial charge in [0.2, 0.25) is 0 Å². The maximum atomic E-state index is 11.9. The molecule has 1 aromatic heterocycles. The Morgan fingerprint density at radius 2 is 1.86 bits per heavy atom. The summed E-state index contributed by atoms with van der Waals surface area (Å²) in [4.78, 5) is 16.8. The maximum Gasteiger partial charge on any atom is 0.349 e. The van der Waals surface area contributed by atoms with Crippen LogP contribution in [0.4, 0.5) is 11.4 Å². The van der Waals surface area contributed by atoms with Crippen molar-refractivity contribution in [1.29, 1.82) is 0 Å². The third-order valence-corrected chi connectivity index (χ3v) is 6.94. The number of hydrogen-bond donors (Lipinski definition) is 1. The van der Waals surface area contributed by atoms with E-state index in [1.54, 1.807) is 0 Å². The lowest BCUT2D eigenvalue weighted by Crippen LogP contribution is -2.50. The predicted molar refractivity (Wildman–Crippen MR) is 125 cm³/mol. The third kappa shape index (κ3) is 4.17. The van der Waals surface area contributed by atoms with Gasteiger partial charge in [-0.15, -0.1) is 11.3 Å². The van der Waals surface area contributed by atoms with Gasteiger partial charge in [0.15, 0.2) is 5.11 Å². The van der Waals surface area contributed by atoms with Gasteiger partial charge in [0.05, 0.1) is 12.1 Å². The van der Waals surface area contributed by atoms with Crippen LogP contribution in [0.2, 0.25) is 5.02 Å². The molecule has 1 aliphatic heterocycles. The van der Waals surface area contributed by atoms with Crippen LogP contribution in [0.1, 0.15) is 9.67 Å². The summed E-state index contributed by atoms with van der Waals surface area (Å²) in [6, 6.07) is 16.2. The number of methoxy groups -OCH3 is 1. The molecule has 0 aliphatic carbocycles. The largest absolute Gasteiger partial charge is 0.465 e. The summed E-state index contributed by atoms with van der Waals surface area (Å²) in [7, 11) is 1.35. The minimum Gasteiger partial charge on any atom is -0.465 e. The summed E-state index contributed by atoms with van der Waals surface area (Å²) in [6.45, 7) is 3.57. The number of rotatable bonds is 3. The normalized spacial score (nSPS) is 14.1. The highest BCUT2D eigenvalue weighted by Crippen LogP contribution is 2.37. The lowest BCUT2D eigenvalue weighted by molar-refractivity contribution is 0.0606. The average molecular weight is 446 g/mol. The van der Waals surface area contributed by atoms with Gasteiger partial charge in [-0.2, -0.15) is 0 Å². The highest BCUT2D eigenvalue weighted by atomic mass is 35.5. The number of nitrogens with zero attached hydrogens (tertiary/aromatic N) is 2. The molecule has 1 fully saturated rings. The number of carbonyl (C=O) groups is 1. The predicted octanol–water partition coefficient (Wildman–Crippen LogP) is 4.86. The topological polar surface area (TPSA) is 44.8 Å². The molecule has 0 atom stereocenters. The monoisotopic (exact) mass is 445 g/mol. The quantitative estimate of drug-likeness (QED) is 0.458. The van der Waals surface area contributed by atoms with E-state index in [1.807, 2.05) is 24.3 Å². The van der Waals surface area contributed by atoms with Crippen LogP contribution < -0.4 is 10.2 Å². The summed E-state index contributed by atoms with van der Waals surface area (Å²) in [5, 5.41) is 5.29. The van der Waals surface area contributed by atoms with E-state index in [1.165, 1.54) is 24.1 Å². The highest BCUT2D eigenvalue weighted by molar-refractivity contribution is 7.80. The van der Waals surface area contributed by atoms with E-state index < -0.39 is 5.97 Å². The Balaban J connectivity index is 1.42. The molecule has 0 unspecified atom stereocenters. The van der Waals surface area contributed by atoms with Crippen molar-refractivity contribution in [3.63, 3.8) is 0 Å². The first-order chi connectivity index (χ1) is 14.1. The van der Waals surface area contributed by atoms with Crippen molar-refractivity contribution in [3.8, 4) is 0 Å². The smallest absolute Gasteiger partial charge is 0.349 e. The summed E-state index contributed by atoms with van der Waals surface area (Å²) in [5.41, 5.74) is 2.12. The number of para-hydroxylation sites is 1. The van der Waals surface area contributed by atoms with Crippen molar-refractivity contribution in [3.05, 3.63) is 58.4 Å². The van der Waals surface area contributed by atoms with Gasteiger partial charge in [-0.3, -0.25) is 0 Å². The number of carbonyl (C=O) groups excluding carboxylic acids is 1. The van der Waals surface area contributed by atoms with Crippen LogP contribution in [0.5, 0.6) is 0 Å². The zero-order chi connectivity index (χ0) is 20.4. The molecule has 0 amide bonds. The van der Waals surface area contributed by atoms with Crippen molar-refractivity contribution in [2.45, 2.75) is 0 Å². The van der Waals surface area contributed by atoms with Crippen LogP contribution in [-0.4, -0.2) is 49.3 Å².